The number of carbonyl (C=O) groups is 1. The van der Waals surface area contributed by atoms with Crippen LogP contribution in [-0.2, 0) is 0 Å². The summed E-state index contributed by atoms with van der Waals surface area (Å²) in [7, 11) is 0. The maximum Gasteiger partial charge on any atom is 0.345 e. The Morgan fingerprint density at radius 2 is 2.25 bits per heavy atom. The molecule has 0 saturated carbocycles. The van der Waals surface area contributed by atoms with Crippen LogP contribution in [0.5, 0.6) is 0 Å². The molecule has 0 radical (unpaired) electrons. The van der Waals surface area contributed by atoms with Gasteiger partial charge in [0, 0.05) is 16.8 Å². The monoisotopic (exact) mass is 309 g/mol. The summed E-state index contributed by atoms with van der Waals surface area (Å²) in [6.45, 7) is 0. The minimum Gasteiger partial charge on any atom is -0.463 e. The second kappa shape index (κ2) is 7.02. The largest absolute Gasteiger partial charge is 0.463 e. The van der Waals surface area contributed by atoms with E-state index in [1.807, 2.05) is 30.3 Å². The second-order valence-corrected chi connectivity index (χ2v) is 4.80. The van der Waals surface area contributed by atoms with Crippen LogP contribution in [0.1, 0.15) is 5.76 Å². The zero-order chi connectivity index (χ0) is 14.4. The summed E-state index contributed by atoms with van der Waals surface area (Å²) in [5, 5.41) is 4.43. The van der Waals surface area contributed by atoms with Crippen molar-refractivity contribution in [3.05, 3.63) is 47.4 Å². The van der Waals surface area contributed by atoms with Crippen molar-refractivity contribution < 1.29 is 9.21 Å². The van der Waals surface area contributed by atoms with Gasteiger partial charge in [-0.1, -0.05) is 35.7 Å². The summed E-state index contributed by atoms with van der Waals surface area (Å²) in [5.41, 5.74) is 4.15. The number of nitrogens with one attached hydrogen (secondary N) is 2. The van der Waals surface area contributed by atoms with E-state index in [1.54, 1.807) is 12.5 Å². The summed E-state index contributed by atoms with van der Waals surface area (Å²) in [4.78, 5) is 11.1. The van der Waals surface area contributed by atoms with Gasteiger partial charge in [0.1, 0.15) is 5.76 Å². The number of carbonyl (C=O) groups excluding carboxylic acids is 1. The Morgan fingerprint density at radius 3 is 3.00 bits per heavy atom. The number of hydrogen-bond acceptors (Lipinski definition) is 4. The van der Waals surface area contributed by atoms with E-state index >= 15 is 0 Å². The van der Waals surface area contributed by atoms with E-state index in [4.69, 9.17) is 16.0 Å². The summed E-state index contributed by atoms with van der Waals surface area (Å²) in [5.74, 6) is 0.532. The first-order valence-electron chi connectivity index (χ1n) is 5.65. The molecule has 2 amide bonds. The Bertz CT molecular complexity index is 628. The van der Waals surface area contributed by atoms with Crippen molar-refractivity contribution in [1.29, 1.82) is 0 Å². The number of hydrogen-bond donors (Lipinski definition) is 2. The van der Waals surface area contributed by atoms with Crippen LogP contribution < -0.4 is 10.1 Å². The fourth-order valence-corrected chi connectivity index (χ4v) is 1.93. The summed E-state index contributed by atoms with van der Waals surface area (Å²) in [6, 6.07) is 8.87. The smallest absolute Gasteiger partial charge is 0.345 e. The minimum atomic E-state index is -0.393. The highest BCUT2D eigenvalue weighted by molar-refractivity contribution is 7.97. The number of amides is 2. The molecule has 20 heavy (non-hydrogen) atoms. The molecule has 0 aliphatic heterocycles. The predicted molar refractivity (Wildman–Crippen MR) is 81.9 cm³/mol. The third-order valence-electron chi connectivity index (χ3n) is 2.33. The van der Waals surface area contributed by atoms with Crippen molar-refractivity contribution in [3.8, 4) is 11.1 Å². The molecule has 0 fully saturated rings. The summed E-state index contributed by atoms with van der Waals surface area (Å²) in [6.07, 6.45) is 4.77. The zero-order valence-corrected chi connectivity index (χ0v) is 12.2. The van der Waals surface area contributed by atoms with Crippen LogP contribution in [0.4, 0.5) is 4.79 Å². The molecule has 5 nitrogen and oxygen atoms in total. The molecule has 1 heterocycles. The van der Waals surface area contributed by atoms with Crippen molar-refractivity contribution in [2.24, 2.45) is 5.10 Å². The van der Waals surface area contributed by atoms with Crippen LogP contribution in [0.25, 0.3) is 11.1 Å². The van der Waals surface area contributed by atoms with Gasteiger partial charge in [-0.05, 0) is 23.8 Å². The molecule has 7 heteroatoms. The standard InChI is InChI=1S/C13H12ClN3O2S/c1-20-17-13(18)16-15-7-12-6-10(8-19-12)9-3-2-4-11(14)5-9/h2-8H,1H3,(H2,16,17,18)/b15-7+. The molecule has 2 rings (SSSR count). The molecule has 0 aliphatic rings. The third kappa shape index (κ3) is 4.04. The van der Waals surface area contributed by atoms with Gasteiger partial charge in [0.25, 0.3) is 0 Å². The van der Waals surface area contributed by atoms with Crippen molar-refractivity contribution in [2.45, 2.75) is 0 Å². The maximum absolute atomic E-state index is 11.1. The molecule has 2 N–H and O–H groups in total. The van der Waals surface area contributed by atoms with Crippen LogP contribution in [0.2, 0.25) is 5.02 Å². The van der Waals surface area contributed by atoms with Crippen LogP contribution in [0.3, 0.4) is 0 Å². The van der Waals surface area contributed by atoms with Gasteiger partial charge in [-0.25, -0.2) is 10.2 Å². The fraction of sp³-hybridized carbons (Fsp3) is 0.0769. The van der Waals surface area contributed by atoms with Crippen LogP contribution in [-0.4, -0.2) is 18.5 Å². The van der Waals surface area contributed by atoms with Crippen LogP contribution in [0.15, 0.2) is 46.1 Å². The van der Waals surface area contributed by atoms with Crippen LogP contribution in [0, 0.1) is 0 Å². The molecular formula is C13H12ClN3O2S. The Labute approximate surface area is 125 Å². The van der Waals surface area contributed by atoms with Gasteiger partial charge in [0.15, 0.2) is 0 Å². The highest BCUT2D eigenvalue weighted by Gasteiger charge is 2.03. The molecule has 0 aliphatic carbocycles. The van der Waals surface area contributed by atoms with Crippen LogP contribution >= 0.6 is 23.5 Å². The van der Waals surface area contributed by atoms with E-state index in [2.05, 4.69) is 15.2 Å². The van der Waals surface area contributed by atoms with Crippen molar-refractivity contribution in [3.63, 3.8) is 0 Å². The molecule has 0 atom stereocenters. The third-order valence-corrected chi connectivity index (χ3v) is 2.95. The van der Waals surface area contributed by atoms with E-state index in [9.17, 15) is 4.79 Å². The lowest BCUT2D eigenvalue weighted by Crippen LogP contribution is -2.26. The Morgan fingerprint density at radius 1 is 1.40 bits per heavy atom. The Hall–Kier alpha value is -1.92. The van der Waals surface area contributed by atoms with Gasteiger partial charge in [0.05, 0.1) is 12.5 Å². The average Bonchev–Trinajstić information content (AvgIpc) is 2.88. The molecule has 0 spiro atoms. The number of furan rings is 1. The number of rotatable bonds is 4. The van der Waals surface area contributed by atoms with Crippen molar-refractivity contribution in [2.75, 3.05) is 6.26 Å². The van der Waals surface area contributed by atoms with E-state index < -0.39 is 6.03 Å². The van der Waals surface area contributed by atoms with Gasteiger partial charge in [-0.15, -0.1) is 0 Å². The molecule has 1 aromatic heterocycles. The molecule has 0 saturated heterocycles. The van der Waals surface area contributed by atoms with E-state index in [0.717, 1.165) is 11.1 Å². The Balaban J connectivity index is 2.02. The number of hydrazone groups is 1. The summed E-state index contributed by atoms with van der Waals surface area (Å²) >= 11 is 7.12. The minimum absolute atomic E-state index is 0.393. The number of urea groups is 1. The van der Waals surface area contributed by atoms with Crippen molar-refractivity contribution >= 4 is 35.8 Å². The van der Waals surface area contributed by atoms with Gasteiger partial charge in [-0.3, -0.25) is 4.72 Å². The SMILES string of the molecule is CSNC(=O)N/N=C/c1cc(-c2cccc(Cl)c2)co1. The normalized spacial score (nSPS) is 10.7. The first kappa shape index (κ1) is 14.5. The first-order chi connectivity index (χ1) is 9.69. The fourth-order valence-electron chi connectivity index (χ4n) is 1.51. The average molecular weight is 310 g/mol. The molecule has 104 valence electrons. The van der Waals surface area contributed by atoms with Gasteiger partial charge < -0.3 is 4.42 Å². The zero-order valence-electron chi connectivity index (χ0n) is 10.6. The van der Waals surface area contributed by atoms with Gasteiger partial charge >= 0.3 is 6.03 Å². The number of nitrogens with zero attached hydrogens (tertiary/aromatic N) is 1. The molecule has 1 aromatic carbocycles. The molecule has 0 unspecified atom stereocenters. The quantitative estimate of drug-likeness (QED) is 0.516. The Kier molecular flexibility index (Phi) is 5.09. The molecule has 0 bridgehead atoms. The topological polar surface area (TPSA) is 66.6 Å². The highest BCUT2D eigenvalue weighted by atomic mass is 35.5. The maximum atomic E-state index is 11.1. The second-order valence-electron chi connectivity index (χ2n) is 3.75. The summed E-state index contributed by atoms with van der Waals surface area (Å²) < 4.78 is 7.81. The van der Waals surface area contributed by atoms with Crippen molar-refractivity contribution in [1.82, 2.24) is 10.1 Å². The first-order valence-corrected chi connectivity index (χ1v) is 7.26. The highest BCUT2D eigenvalue weighted by Crippen LogP contribution is 2.24. The molecule has 2 aromatic rings. The molecular weight excluding hydrogens is 298 g/mol. The lowest BCUT2D eigenvalue weighted by molar-refractivity contribution is 0.247. The van der Waals surface area contributed by atoms with Gasteiger partial charge in [0.2, 0.25) is 0 Å². The lowest BCUT2D eigenvalue weighted by Gasteiger charge is -1.97. The predicted octanol–water partition coefficient (Wildman–Crippen LogP) is 3.51. The number of benzene rings is 1. The van der Waals surface area contributed by atoms with Gasteiger partial charge in [-0.2, -0.15) is 5.10 Å². The lowest BCUT2D eigenvalue weighted by atomic mass is 10.1. The van der Waals surface area contributed by atoms with E-state index in [0.29, 0.717) is 10.8 Å². The number of halogens is 1. The van der Waals surface area contributed by atoms with E-state index in [1.165, 1.54) is 18.2 Å². The van der Waals surface area contributed by atoms with E-state index in [-0.39, 0.29) is 0 Å².